The molecule has 0 amide bonds. The van der Waals surface area contributed by atoms with Crippen LogP contribution in [-0.4, -0.2) is 37.2 Å². The van der Waals surface area contributed by atoms with Crippen LogP contribution in [0.25, 0.3) is 0 Å². The molecule has 0 aromatic carbocycles. The molecule has 0 N–H and O–H groups in total. The van der Waals surface area contributed by atoms with E-state index in [4.69, 9.17) is 14.2 Å². The van der Waals surface area contributed by atoms with Crippen LogP contribution in [-0.2, 0) is 28.6 Å². The zero-order valence-electron chi connectivity index (χ0n) is 52.2. The van der Waals surface area contributed by atoms with Crippen LogP contribution in [0.4, 0.5) is 0 Å². The topological polar surface area (TPSA) is 78.9 Å². The van der Waals surface area contributed by atoms with Crippen LogP contribution < -0.4 is 0 Å². The molecular weight excluding hydrogens is 961 g/mol. The maximum Gasteiger partial charge on any atom is 0.306 e. The number of hydrogen-bond acceptors (Lipinski definition) is 6. The lowest BCUT2D eigenvalue weighted by Gasteiger charge is -2.18. The fraction of sp³-hybridized carbons (Fsp3) is 0.819. The summed E-state index contributed by atoms with van der Waals surface area (Å²) in [6, 6.07) is 0. The first kappa shape index (κ1) is 75.1. The number of unbranched alkanes of at least 4 members (excludes halogenated alkanes) is 42. The number of carbonyl (C=O) groups excluding carboxylic acids is 3. The molecule has 6 nitrogen and oxygen atoms in total. The van der Waals surface area contributed by atoms with E-state index in [-0.39, 0.29) is 31.1 Å². The predicted octanol–water partition coefficient (Wildman–Crippen LogP) is 23.5. The minimum absolute atomic E-state index is 0.0756. The first-order chi connectivity index (χ1) is 38.5. The molecule has 78 heavy (non-hydrogen) atoms. The number of allylic oxidation sites excluding steroid dienone is 10. The van der Waals surface area contributed by atoms with E-state index < -0.39 is 6.10 Å². The molecule has 0 spiro atoms. The molecule has 454 valence electrons. The van der Waals surface area contributed by atoms with Crippen LogP contribution in [0, 0.1) is 0 Å². The van der Waals surface area contributed by atoms with Crippen molar-refractivity contribution >= 4 is 17.9 Å². The van der Waals surface area contributed by atoms with E-state index in [0.717, 1.165) is 83.5 Å². The number of ether oxygens (including phenoxy) is 3. The van der Waals surface area contributed by atoms with Gasteiger partial charge in [-0.1, -0.05) is 313 Å². The fourth-order valence-corrected chi connectivity index (χ4v) is 10.1. The molecule has 0 saturated carbocycles. The van der Waals surface area contributed by atoms with Crippen molar-refractivity contribution in [2.24, 2.45) is 0 Å². The van der Waals surface area contributed by atoms with Crippen molar-refractivity contribution in [3.63, 3.8) is 0 Å². The van der Waals surface area contributed by atoms with Crippen molar-refractivity contribution < 1.29 is 28.6 Å². The van der Waals surface area contributed by atoms with Crippen molar-refractivity contribution in [2.75, 3.05) is 13.2 Å². The summed E-state index contributed by atoms with van der Waals surface area (Å²) in [6.45, 7) is 6.62. The van der Waals surface area contributed by atoms with E-state index in [0.29, 0.717) is 19.3 Å². The van der Waals surface area contributed by atoms with Gasteiger partial charge in [0.1, 0.15) is 13.2 Å². The highest BCUT2D eigenvalue weighted by atomic mass is 16.6. The van der Waals surface area contributed by atoms with Crippen LogP contribution in [0.2, 0.25) is 0 Å². The average Bonchev–Trinajstić information content (AvgIpc) is 3.44. The molecule has 6 heteroatoms. The molecule has 0 saturated heterocycles. The molecule has 0 aromatic heterocycles. The first-order valence-corrected chi connectivity index (χ1v) is 34.3. The Labute approximate surface area is 485 Å². The highest BCUT2D eigenvalue weighted by Crippen LogP contribution is 2.17. The van der Waals surface area contributed by atoms with Gasteiger partial charge >= 0.3 is 17.9 Å². The molecule has 0 aromatic rings. The molecule has 0 rings (SSSR count). The van der Waals surface area contributed by atoms with Gasteiger partial charge in [-0.25, -0.2) is 0 Å². The average molecular weight is 1090 g/mol. The number of hydrogen-bond donors (Lipinski definition) is 0. The Kier molecular flexibility index (Phi) is 64.2. The second-order valence-corrected chi connectivity index (χ2v) is 23.1. The van der Waals surface area contributed by atoms with Crippen LogP contribution in [0.1, 0.15) is 361 Å². The van der Waals surface area contributed by atoms with Crippen LogP contribution in [0.5, 0.6) is 0 Å². The monoisotopic (exact) mass is 1090 g/mol. The van der Waals surface area contributed by atoms with Crippen molar-refractivity contribution in [3.05, 3.63) is 60.8 Å². The minimum Gasteiger partial charge on any atom is -0.462 e. The summed E-state index contributed by atoms with van der Waals surface area (Å²) in [5, 5.41) is 0. The van der Waals surface area contributed by atoms with E-state index in [2.05, 4.69) is 81.5 Å². The molecular formula is C72H130O6. The zero-order valence-corrected chi connectivity index (χ0v) is 52.2. The summed E-state index contributed by atoms with van der Waals surface area (Å²) in [6.07, 6.45) is 85.5. The van der Waals surface area contributed by atoms with Gasteiger partial charge in [0.2, 0.25) is 0 Å². The smallest absolute Gasteiger partial charge is 0.306 e. The Morgan fingerprint density at radius 1 is 0.256 bits per heavy atom. The van der Waals surface area contributed by atoms with Crippen molar-refractivity contribution in [3.8, 4) is 0 Å². The normalized spacial score (nSPS) is 12.4. The van der Waals surface area contributed by atoms with Gasteiger partial charge in [-0.2, -0.15) is 0 Å². The molecule has 0 fully saturated rings. The van der Waals surface area contributed by atoms with Gasteiger partial charge in [-0.05, 0) is 89.9 Å². The Morgan fingerprint density at radius 2 is 0.462 bits per heavy atom. The van der Waals surface area contributed by atoms with E-state index >= 15 is 0 Å². The van der Waals surface area contributed by atoms with Gasteiger partial charge in [0.25, 0.3) is 0 Å². The minimum atomic E-state index is -0.778. The maximum atomic E-state index is 12.9. The molecule has 0 aliphatic carbocycles. The van der Waals surface area contributed by atoms with Crippen LogP contribution >= 0.6 is 0 Å². The quantitative estimate of drug-likeness (QED) is 0.0261. The van der Waals surface area contributed by atoms with Gasteiger partial charge in [-0.15, -0.1) is 0 Å². The maximum absolute atomic E-state index is 12.9. The van der Waals surface area contributed by atoms with Crippen LogP contribution in [0.3, 0.4) is 0 Å². The Morgan fingerprint density at radius 3 is 0.718 bits per heavy atom. The summed E-state index contributed by atoms with van der Waals surface area (Å²) in [4.78, 5) is 38.2. The molecule has 0 aliphatic heterocycles. The molecule has 0 bridgehead atoms. The van der Waals surface area contributed by atoms with Crippen molar-refractivity contribution in [1.29, 1.82) is 0 Å². The SMILES string of the molecule is CCCCCCC/C=C\C/C=C\C/C=C\CCCCCCCCC(=O)OC(COC(=O)CCCCCCCCCC)COC(=O)CCCCCCCCCCCCCCCCCCCCC/C=C\C/C=C\CCCCCCC. The molecule has 0 aliphatic rings. The Bertz CT molecular complexity index is 1390. The highest BCUT2D eigenvalue weighted by molar-refractivity contribution is 5.71. The van der Waals surface area contributed by atoms with Crippen molar-refractivity contribution in [1.82, 2.24) is 0 Å². The van der Waals surface area contributed by atoms with E-state index in [1.54, 1.807) is 0 Å². The van der Waals surface area contributed by atoms with E-state index in [1.807, 2.05) is 0 Å². The molecule has 0 heterocycles. The summed E-state index contributed by atoms with van der Waals surface area (Å²) in [5.41, 5.74) is 0. The molecule has 1 atom stereocenters. The number of esters is 3. The third kappa shape index (κ3) is 63.9. The molecule has 1 unspecified atom stereocenters. The fourth-order valence-electron chi connectivity index (χ4n) is 10.1. The lowest BCUT2D eigenvalue weighted by Crippen LogP contribution is -2.30. The zero-order chi connectivity index (χ0) is 56.4. The Balaban J connectivity index is 4.08. The Hall–Kier alpha value is -2.89. The van der Waals surface area contributed by atoms with E-state index in [1.165, 1.54) is 238 Å². The van der Waals surface area contributed by atoms with Gasteiger partial charge in [0.15, 0.2) is 6.10 Å². The summed E-state index contributed by atoms with van der Waals surface area (Å²) in [7, 11) is 0. The summed E-state index contributed by atoms with van der Waals surface area (Å²) in [5.74, 6) is -0.874. The van der Waals surface area contributed by atoms with E-state index in [9.17, 15) is 14.4 Å². The third-order valence-corrected chi connectivity index (χ3v) is 15.2. The number of rotatable bonds is 63. The second-order valence-electron chi connectivity index (χ2n) is 23.1. The summed E-state index contributed by atoms with van der Waals surface area (Å²) < 4.78 is 16.9. The first-order valence-electron chi connectivity index (χ1n) is 34.3. The summed E-state index contributed by atoms with van der Waals surface area (Å²) >= 11 is 0. The van der Waals surface area contributed by atoms with Crippen LogP contribution in [0.15, 0.2) is 60.8 Å². The van der Waals surface area contributed by atoms with Crippen molar-refractivity contribution in [2.45, 2.75) is 367 Å². The molecule has 0 radical (unpaired) electrons. The van der Waals surface area contributed by atoms with Gasteiger partial charge in [0, 0.05) is 19.3 Å². The lowest BCUT2D eigenvalue weighted by molar-refractivity contribution is -0.167. The second kappa shape index (κ2) is 66.6. The number of carbonyl (C=O) groups is 3. The third-order valence-electron chi connectivity index (χ3n) is 15.2. The predicted molar refractivity (Wildman–Crippen MR) is 339 cm³/mol. The highest BCUT2D eigenvalue weighted by Gasteiger charge is 2.19. The van der Waals surface area contributed by atoms with Gasteiger partial charge < -0.3 is 14.2 Å². The lowest BCUT2D eigenvalue weighted by atomic mass is 10.0. The van der Waals surface area contributed by atoms with Gasteiger partial charge in [0.05, 0.1) is 0 Å². The standard InChI is InChI=1S/C72H130O6/c1-4-7-10-13-16-19-21-23-25-27-29-31-32-33-34-35-36-37-38-39-40-42-43-45-47-49-51-53-56-59-62-65-71(74)77-68-69(67-76-70(73)64-61-58-55-18-15-12-9-6-3)78-72(75)66-63-60-57-54-52-50-48-46-44-41-30-28-26-24-22-20-17-14-11-8-5-2/h21-24,27-30,44,46,69H,4-20,25-26,31-43,45,47-68H2,1-3H3/b23-21-,24-22-,29-27-,30-28-,46-44-. The largest absolute Gasteiger partial charge is 0.462 e. The van der Waals surface area contributed by atoms with Gasteiger partial charge in [-0.3, -0.25) is 14.4 Å².